The molecular formula is C15H19ClF3NO2S. The van der Waals surface area contributed by atoms with E-state index in [1.165, 1.54) is 4.31 Å². The summed E-state index contributed by atoms with van der Waals surface area (Å²) < 4.78 is 62.6. The summed E-state index contributed by atoms with van der Waals surface area (Å²) in [4.78, 5) is 0. The summed E-state index contributed by atoms with van der Waals surface area (Å²) in [6, 6.07) is 7.17. The third-order valence-corrected chi connectivity index (χ3v) is 6.10. The molecule has 0 aromatic heterocycles. The van der Waals surface area contributed by atoms with Crippen LogP contribution in [0.2, 0.25) is 5.02 Å². The van der Waals surface area contributed by atoms with E-state index in [0.29, 0.717) is 11.4 Å². The third-order valence-electron chi connectivity index (χ3n) is 4.01. The first-order chi connectivity index (χ1) is 10.7. The third kappa shape index (κ3) is 5.65. The maximum Gasteiger partial charge on any atom is 0.390 e. The predicted octanol–water partition coefficient (Wildman–Crippen LogP) is 4.19. The van der Waals surface area contributed by atoms with Crippen molar-refractivity contribution in [1.82, 2.24) is 4.31 Å². The molecule has 0 bridgehead atoms. The van der Waals surface area contributed by atoms with Crippen molar-refractivity contribution in [3.63, 3.8) is 0 Å². The van der Waals surface area contributed by atoms with Gasteiger partial charge in [0, 0.05) is 18.1 Å². The molecule has 23 heavy (non-hydrogen) atoms. The van der Waals surface area contributed by atoms with Gasteiger partial charge in [-0.15, -0.1) is 0 Å². The van der Waals surface area contributed by atoms with Crippen LogP contribution < -0.4 is 0 Å². The first-order valence-corrected chi connectivity index (χ1v) is 9.46. The number of alkyl halides is 3. The van der Waals surface area contributed by atoms with E-state index < -0.39 is 28.4 Å². The number of nitrogens with zero attached hydrogens (tertiary/aromatic N) is 1. The van der Waals surface area contributed by atoms with Gasteiger partial charge in [-0.2, -0.15) is 13.2 Å². The maximum atomic E-state index is 12.3. The Balaban J connectivity index is 2.11. The van der Waals surface area contributed by atoms with Crippen LogP contribution in [0.5, 0.6) is 0 Å². The SMILES string of the molecule is O=S(=O)(CCC(F)(F)F)N1CCCCC(c2ccc(Cl)cc2)C1. The average Bonchev–Trinajstić information content (AvgIpc) is 2.72. The second-order valence-electron chi connectivity index (χ2n) is 5.78. The van der Waals surface area contributed by atoms with E-state index in [1.54, 1.807) is 12.1 Å². The summed E-state index contributed by atoms with van der Waals surface area (Å²) in [6.07, 6.45) is -3.45. The summed E-state index contributed by atoms with van der Waals surface area (Å²) in [6.45, 7) is 0.506. The molecule has 0 saturated carbocycles. The zero-order valence-corrected chi connectivity index (χ0v) is 14.1. The number of sulfonamides is 1. The Morgan fingerprint density at radius 1 is 1.17 bits per heavy atom. The molecule has 1 aliphatic heterocycles. The van der Waals surface area contributed by atoms with Gasteiger partial charge in [-0.25, -0.2) is 12.7 Å². The van der Waals surface area contributed by atoms with Gasteiger partial charge in [0.1, 0.15) is 0 Å². The van der Waals surface area contributed by atoms with Crippen LogP contribution in [0, 0.1) is 0 Å². The van der Waals surface area contributed by atoms with Gasteiger partial charge in [-0.05, 0) is 36.5 Å². The van der Waals surface area contributed by atoms with E-state index in [0.717, 1.165) is 18.4 Å². The fourth-order valence-electron chi connectivity index (χ4n) is 2.74. The average molecular weight is 370 g/mol. The molecule has 0 aliphatic carbocycles. The van der Waals surface area contributed by atoms with Crippen LogP contribution in [0.25, 0.3) is 0 Å². The molecule has 1 aromatic rings. The molecule has 0 amide bonds. The highest BCUT2D eigenvalue weighted by Crippen LogP contribution is 2.29. The Hall–Kier alpha value is -0.790. The van der Waals surface area contributed by atoms with Crippen LogP contribution >= 0.6 is 11.6 Å². The summed E-state index contributed by atoms with van der Waals surface area (Å²) in [5.74, 6) is -0.903. The van der Waals surface area contributed by atoms with E-state index in [-0.39, 0.29) is 19.0 Å². The minimum atomic E-state index is -4.46. The Morgan fingerprint density at radius 3 is 2.43 bits per heavy atom. The molecule has 1 fully saturated rings. The highest BCUT2D eigenvalue weighted by atomic mass is 35.5. The van der Waals surface area contributed by atoms with Crippen molar-refractivity contribution < 1.29 is 21.6 Å². The van der Waals surface area contributed by atoms with Crippen LogP contribution in [-0.2, 0) is 10.0 Å². The van der Waals surface area contributed by atoms with Crippen LogP contribution in [0.4, 0.5) is 13.2 Å². The quantitative estimate of drug-likeness (QED) is 0.798. The minimum absolute atomic E-state index is 0.0181. The Bertz CT molecular complexity index is 617. The van der Waals surface area contributed by atoms with Gasteiger partial charge < -0.3 is 0 Å². The molecular weight excluding hydrogens is 351 g/mol. The molecule has 1 saturated heterocycles. The van der Waals surface area contributed by atoms with E-state index in [4.69, 9.17) is 11.6 Å². The van der Waals surface area contributed by atoms with Crippen molar-refractivity contribution in [2.75, 3.05) is 18.8 Å². The maximum absolute atomic E-state index is 12.3. The van der Waals surface area contributed by atoms with E-state index in [9.17, 15) is 21.6 Å². The number of hydrogen-bond donors (Lipinski definition) is 0. The largest absolute Gasteiger partial charge is 0.390 e. The van der Waals surface area contributed by atoms with Crippen molar-refractivity contribution in [2.24, 2.45) is 0 Å². The fraction of sp³-hybridized carbons (Fsp3) is 0.600. The van der Waals surface area contributed by atoms with Gasteiger partial charge in [0.15, 0.2) is 0 Å². The Morgan fingerprint density at radius 2 is 1.83 bits per heavy atom. The second-order valence-corrected chi connectivity index (χ2v) is 8.31. The number of rotatable bonds is 4. The lowest BCUT2D eigenvalue weighted by atomic mass is 9.95. The molecule has 8 heteroatoms. The van der Waals surface area contributed by atoms with Gasteiger partial charge in [0.2, 0.25) is 10.0 Å². The number of halogens is 4. The van der Waals surface area contributed by atoms with Crippen LogP contribution in [0.3, 0.4) is 0 Å². The molecule has 0 spiro atoms. The highest BCUT2D eigenvalue weighted by Gasteiger charge is 2.34. The van der Waals surface area contributed by atoms with Crippen molar-refractivity contribution in [3.8, 4) is 0 Å². The number of hydrogen-bond acceptors (Lipinski definition) is 2. The standard InChI is InChI=1S/C15H19ClF3NO2S/c16-14-6-4-12(5-7-14)13-3-1-2-9-20(11-13)23(21,22)10-8-15(17,18)19/h4-7,13H,1-3,8-11H2. The monoisotopic (exact) mass is 369 g/mol. The predicted molar refractivity (Wildman–Crippen MR) is 84.1 cm³/mol. The van der Waals surface area contributed by atoms with Crippen LogP contribution in [0.15, 0.2) is 24.3 Å². The molecule has 0 N–H and O–H groups in total. The zero-order valence-electron chi connectivity index (χ0n) is 12.5. The summed E-state index contributed by atoms with van der Waals surface area (Å²) in [7, 11) is -3.90. The van der Waals surface area contributed by atoms with Crippen LogP contribution in [0.1, 0.15) is 37.2 Å². The normalized spacial score (nSPS) is 21.1. The van der Waals surface area contributed by atoms with E-state index in [2.05, 4.69) is 0 Å². The number of benzene rings is 1. The van der Waals surface area contributed by atoms with Crippen molar-refractivity contribution in [3.05, 3.63) is 34.9 Å². The smallest absolute Gasteiger partial charge is 0.212 e. The molecule has 0 radical (unpaired) electrons. The lowest BCUT2D eigenvalue weighted by Crippen LogP contribution is -2.36. The summed E-state index contributed by atoms with van der Waals surface area (Å²) >= 11 is 5.86. The lowest BCUT2D eigenvalue weighted by Gasteiger charge is -2.24. The summed E-state index contributed by atoms with van der Waals surface area (Å²) in [5.41, 5.74) is 0.965. The van der Waals surface area contributed by atoms with E-state index in [1.807, 2.05) is 12.1 Å². The molecule has 1 aliphatic rings. The highest BCUT2D eigenvalue weighted by molar-refractivity contribution is 7.89. The van der Waals surface area contributed by atoms with Crippen LogP contribution in [-0.4, -0.2) is 37.7 Å². The Kier molecular flexibility index (Phi) is 5.97. The zero-order chi connectivity index (χ0) is 17.1. The van der Waals surface area contributed by atoms with Gasteiger partial charge in [-0.3, -0.25) is 0 Å². The lowest BCUT2D eigenvalue weighted by molar-refractivity contribution is -0.130. The fourth-order valence-corrected chi connectivity index (χ4v) is 4.43. The van der Waals surface area contributed by atoms with Crippen molar-refractivity contribution >= 4 is 21.6 Å². The molecule has 1 unspecified atom stereocenters. The Labute approximate surface area is 139 Å². The first kappa shape index (κ1) is 18.5. The van der Waals surface area contributed by atoms with E-state index >= 15 is 0 Å². The molecule has 1 aromatic carbocycles. The second kappa shape index (κ2) is 7.40. The molecule has 3 nitrogen and oxygen atoms in total. The van der Waals surface area contributed by atoms with Crippen molar-refractivity contribution in [1.29, 1.82) is 0 Å². The molecule has 1 heterocycles. The van der Waals surface area contributed by atoms with Crippen molar-refractivity contribution in [2.45, 2.75) is 37.8 Å². The van der Waals surface area contributed by atoms with Gasteiger partial charge in [0.25, 0.3) is 0 Å². The summed E-state index contributed by atoms with van der Waals surface area (Å²) in [5, 5.41) is 0.594. The van der Waals surface area contributed by atoms with Gasteiger partial charge in [0.05, 0.1) is 12.2 Å². The van der Waals surface area contributed by atoms with Gasteiger partial charge >= 0.3 is 6.18 Å². The minimum Gasteiger partial charge on any atom is -0.212 e. The molecule has 1 atom stereocenters. The van der Waals surface area contributed by atoms with Gasteiger partial charge in [-0.1, -0.05) is 30.2 Å². The first-order valence-electron chi connectivity index (χ1n) is 7.47. The molecule has 2 rings (SSSR count). The topological polar surface area (TPSA) is 37.4 Å². The molecule has 130 valence electrons.